The minimum Gasteiger partial charge on any atom is -0.490 e. The molecule has 0 amide bonds. The van der Waals surface area contributed by atoms with Gasteiger partial charge in [-0.2, -0.15) is 0 Å². The van der Waals surface area contributed by atoms with Crippen LogP contribution in [-0.4, -0.2) is 44.1 Å². The van der Waals surface area contributed by atoms with E-state index in [4.69, 9.17) is 21.1 Å². The molecule has 1 aliphatic rings. The molecule has 2 unspecified atom stereocenters. The molecule has 2 rings (SSSR count). The van der Waals surface area contributed by atoms with Crippen LogP contribution in [-0.2, 0) is 6.54 Å². The molecule has 6 heteroatoms. The summed E-state index contributed by atoms with van der Waals surface area (Å²) in [6, 6.07) is 3.88. The summed E-state index contributed by atoms with van der Waals surface area (Å²) in [5, 5.41) is 16.9. The van der Waals surface area contributed by atoms with E-state index in [9.17, 15) is 5.11 Å². The number of halogens is 1. The van der Waals surface area contributed by atoms with Gasteiger partial charge >= 0.3 is 0 Å². The number of ether oxygens (including phenoxy) is 2. The van der Waals surface area contributed by atoms with Crippen LogP contribution in [0.3, 0.4) is 0 Å². The maximum atomic E-state index is 9.80. The molecular weight excluding hydrogens is 316 g/mol. The summed E-state index contributed by atoms with van der Waals surface area (Å²) in [6.07, 6.45) is 0.651. The molecule has 0 bridgehead atoms. The van der Waals surface area contributed by atoms with Gasteiger partial charge in [-0.3, -0.25) is 0 Å². The van der Waals surface area contributed by atoms with E-state index in [0.29, 0.717) is 42.8 Å². The highest BCUT2D eigenvalue weighted by Crippen LogP contribution is 2.36. The molecule has 1 aliphatic heterocycles. The van der Waals surface area contributed by atoms with E-state index in [1.807, 2.05) is 19.1 Å². The van der Waals surface area contributed by atoms with Crippen molar-refractivity contribution in [1.82, 2.24) is 10.6 Å². The van der Waals surface area contributed by atoms with Crippen LogP contribution in [0.1, 0.15) is 25.8 Å². The Labute approximate surface area is 143 Å². The highest BCUT2D eigenvalue weighted by molar-refractivity contribution is 6.32. The minimum atomic E-state index is -0.269. The topological polar surface area (TPSA) is 62.8 Å². The average molecular weight is 343 g/mol. The summed E-state index contributed by atoms with van der Waals surface area (Å²) < 4.78 is 11.4. The number of aliphatic hydroxyl groups excluding tert-OH is 1. The molecule has 0 aromatic heterocycles. The van der Waals surface area contributed by atoms with Crippen molar-refractivity contribution in [1.29, 1.82) is 0 Å². The molecule has 1 heterocycles. The maximum Gasteiger partial charge on any atom is 0.179 e. The predicted octanol–water partition coefficient (Wildman–Crippen LogP) is 2.20. The number of nitrogens with one attached hydrogen (secondary N) is 2. The Balaban J connectivity index is 1.98. The highest BCUT2D eigenvalue weighted by Gasteiger charge is 2.24. The van der Waals surface area contributed by atoms with E-state index in [-0.39, 0.29) is 12.0 Å². The van der Waals surface area contributed by atoms with E-state index < -0.39 is 0 Å². The van der Waals surface area contributed by atoms with Crippen molar-refractivity contribution in [2.75, 3.05) is 32.8 Å². The van der Waals surface area contributed by atoms with Gasteiger partial charge in [-0.1, -0.05) is 18.5 Å². The van der Waals surface area contributed by atoms with Crippen LogP contribution in [0.4, 0.5) is 0 Å². The monoisotopic (exact) mass is 342 g/mol. The number of rotatable bonds is 9. The molecule has 2 atom stereocenters. The third kappa shape index (κ3) is 5.24. The SMILES string of the molecule is CCCOc1c(Cl)cc(CNCC2CNCC2O)cc1OCC. The second kappa shape index (κ2) is 9.33. The number of β-amino-alcohol motifs (C(OH)–C–C–N with tert-alkyl or cyclic N) is 1. The number of aliphatic hydroxyl groups is 1. The molecule has 5 nitrogen and oxygen atoms in total. The Morgan fingerprint density at radius 2 is 2.13 bits per heavy atom. The van der Waals surface area contributed by atoms with Crippen molar-refractivity contribution in [3.63, 3.8) is 0 Å². The minimum absolute atomic E-state index is 0.254. The van der Waals surface area contributed by atoms with Crippen LogP contribution in [0.15, 0.2) is 12.1 Å². The highest BCUT2D eigenvalue weighted by atomic mass is 35.5. The molecule has 1 saturated heterocycles. The van der Waals surface area contributed by atoms with E-state index in [1.165, 1.54) is 0 Å². The summed E-state index contributed by atoms with van der Waals surface area (Å²) in [4.78, 5) is 0. The molecule has 1 aromatic carbocycles. The van der Waals surface area contributed by atoms with Gasteiger partial charge < -0.3 is 25.2 Å². The first-order valence-corrected chi connectivity index (χ1v) is 8.71. The predicted molar refractivity (Wildman–Crippen MR) is 92.5 cm³/mol. The van der Waals surface area contributed by atoms with Crippen molar-refractivity contribution < 1.29 is 14.6 Å². The lowest BCUT2D eigenvalue weighted by molar-refractivity contribution is 0.146. The van der Waals surface area contributed by atoms with E-state index in [0.717, 1.165) is 25.1 Å². The quantitative estimate of drug-likeness (QED) is 0.642. The van der Waals surface area contributed by atoms with Crippen molar-refractivity contribution in [2.24, 2.45) is 5.92 Å². The van der Waals surface area contributed by atoms with Gasteiger partial charge in [-0.15, -0.1) is 0 Å². The molecule has 23 heavy (non-hydrogen) atoms. The number of hydrogen-bond donors (Lipinski definition) is 3. The maximum absolute atomic E-state index is 9.80. The first-order valence-electron chi connectivity index (χ1n) is 8.33. The van der Waals surface area contributed by atoms with Crippen LogP contribution >= 0.6 is 11.6 Å². The standard InChI is InChI=1S/C17H27ClN2O3/c1-3-5-23-17-14(18)6-12(7-16(17)22-4-2)8-19-9-13-10-20-11-15(13)21/h6-7,13,15,19-21H,3-5,8-11H2,1-2H3. The molecule has 0 spiro atoms. The van der Waals surface area contributed by atoms with Gasteiger partial charge in [-0.25, -0.2) is 0 Å². The summed E-state index contributed by atoms with van der Waals surface area (Å²) >= 11 is 6.35. The Morgan fingerprint density at radius 1 is 1.30 bits per heavy atom. The molecule has 1 aromatic rings. The molecule has 130 valence electrons. The third-order valence-corrected chi connectivity index (χ3v) is 4.14. The zero-order valence-electron chi connectivity index (χ0n) is 13.9. The largest absolute Gasteiger partial charge is 0.490 e. The molecule has 1 fully saturated rings. The lowest BCUT2D eigenvalue weighted by Crippen LogP contribution is -2.30. The third-order valence-electron chi connectivity index (χ3n) is 3.86. The van der Waals surface area contributed by atoms with Crippen LogP contribution in [0, 0.1) is 5.92 Å². The van der Waals surface area contributed by atoms with Gasteiger partial charge in [0, 0.05) is 32.1 Å². The van der Waals surface area contributed by atoms with Gasteiger partial charge in [0.2, 0.25) is 0 Å². The van der Waals surface area contributed by atoms with Crippen LogP contribution in [0.2, 0.25) is 5.02 Å². The summed E-state index contributed by atoms with van der Waals surface area (Å²) in [5.41, 5.74) is 1.04. The van der Waals surface area contributed by atoms with E-state index >= 15 is 0 Å². The summed E-state index contributed by atoms with van der Waals surface area (Å²) in [6.45, 7) is 8.15. The average Bonchev–Trinajstić information content (AvgIpc) is 2.92. The zero-order valence-corrected chi connectivity index (χ0v) is 14.7. The smallest absolute Gasteiger partial charge is 0.179 e. The fraction of sp³-hybridized carbons (Fsp3) is 0.647. The number of benzene rings is 1. The van der Waals surface area contributed by atoms with Gasteiger partial charge in [0.25, 0.3) is 0 Å². The first-order chi connectivity index (χ1) is 11.2. The fourth-order valence-electron chi connectivity index (χ4n) is 2.66. The second-order valence-electron chi connectivity index (χ2n) is 5.80. The van der Waals surface area contributed by atoms with E-state index in [2.05, 4.69) is 17.6 Å². The van der Waals surface area contributed by atoms with Gasteiger partial charge in [0.05, 0.1) is 24.3 Å². The Hall–Kier alpha value is -1.01. The van der Waals surface area contributed by atoms with Crippen molar-refractivity contribution in [3.8, 4) is 11.5 Å². The lowest BCUT2D eigenvalue weighted by atomic mass is 10.1. The van der Waals surface area contributed by atoms with Crippen molar-refractivity contribution >= 4 is 11.6 Å². The van der Waals surface area contributed by atoms with Gasteiger partial charge in [0.1, 0.15) is 0 Å². The Kier molecular flexibility index (Phi) is 7.43. The molecule has 0 aliphatic carbocycles. The van der Waals surface area contributed by atoms with Crippen molar-refractivity contribution in [2.45, 2.75) is 32.9 Å². The lowest BCUT2D eigenvalue weighted by Gasteiger charge is -2.17. The van der Waals surface area contributed by atoms with E-state index in [1.54, 1.807) is 0 Å². The normalized spacial score (nSPS) is 20.7. The van der Waals surface area contributed by atoms with Gasteiger partial charge in [0.15, 0.2) is 11.5 Å². The molecule has 3 N–H and O–H groups in total. The van der Waals surface area contributed by atoms with Gasteiger partial charge in [-0.05, 0) is 31.0 Å². The first kappa shape index (κ1) is 18.3. The molecule has 0 saturated carbocycles. The fourth-order valence-corrected chi connectivity index (χ4v) is 2.95. The Bertz CT molecular complexity index is 499. The molecule has 0 radical (unpaired) electrons. The zero-order chi connectivity index (χ0) is 16.7. The van der Waals surface area contributed by atoms with Crippen LogP contribution < -0.4 is 20.1 Å². The second-order valence-corrected chi connectivity index (χ2v) is 6.21. The van der Waals surface area contributed by atoms with Crippen LogP contribution in [0.5, 0.6) is 11.5 Å². The summed E-state index contributed by atoms with van der Waals surface area (Å²) in [5.74, 6) is 1.56. The molecular formula is C17H27ClN2O3. The Morgan fingerprint density at radius 3 is 2.78 bits per heavy atom. The van der Waals surface area contributed by atoms with Crippen LogP contribution in [0.25, 0.3) is 0 Å². The van der Waals surface area contributed by atoms with Crippen molar-refractivity contribution in [3.05, 3.63) is 22.7 Å². The summed E-state index contributed by atoms with van der Waals surface area (Å²) in [7, 11) is 0. The number of hydrogen-bond acceptors (Lipinski definition) is 5.